The average Bonchev–Trinajstić information content (AvgIpc) is 3.19. The van der Waals surface area contributed by atoms with Gasteiger partial charge in [0.25, 0.3) is 0 Å². The van der Waals surface area contributed by atoms with E-state index in [0.717, 1.165) is 44.1 Å². The number of fused-ring (bicyclic) bond motifs is 1. The lowest BCUT2D eigenvalue weighted by Crippen LogP contribution is -2.58. The van der Waals surface area contributed by atoms with E-state index in [9.17, 15) is 5.11 Å². The first-order valence-corrected chi connectivity index (χ1v) is 10.9. The maximum atomic E-state index is 9.66. The van der Waals surface area contributed by atoms with Crippen LogP contribution >= 0.6 is 0 Å². The number of rotatable bonds is 6. The number of hydrogen-bond donors (Lipinski definition) is 1. The number of piperidine rings is 1. The Hall–Kier alpha value is -1.34. The van der Waals surface area contributed by atoms with Gasteiger partial charge in [0.15, 0.2) is 11.5 Å². The number of aliphatic hydroxyl groups is 1. The van der Waals surface area contributed by atoms with Crippen LogP contribution in [0.4, 0.5) is 0 Å². The highest BCUT2D eigenvalue weighted by Gasteiger charge is 2.34. The molecule has 1 aromatic carbocycles. The molecular weight excluding hydrogens is 354 g/mol. The Morgan fingerprint density at radius 3 is 2.68 bits per heavy atom. The fourth-order valence-corrected chi connectivity index (χ4v) is 5.05. The van der Waals surface area contributed by atoms with Crippen LogP contribution in [-0.2, 0) is 6.54 Å². The third-order valence-electron chi connectivity index (χ3n) is 6.65. The van der Waals surface area contributed by atoms with Gasteiger partial charge in [-0.15, -0.1) is 0 Å². The number of benzene rings is 1. The van der Waals surface area contributed by atoms with E-state index in [1.165, 1.54) is 31.5 Å². The third kappa shape index (κ3) is 4.30. The average molecular weight is 390 g/mol. The lowest BCUT2D eigenvalue weighted by atomic mass is 9.97. The molecule has 1 aromatic rings. The Kier molecular flexibility index (Phi) is 6.41. The quantitative estimate of drug-likeness (QED) is 0.805. The van der Waals surface area contributed by atoms with E-state index in [1.54, 1.807) is 0 Å². The van der Waals surface area contributed by atoms with E-state index in [0.29, 0.717) is 24.9 Å². The molecule has 0 spiro atoms. The molecule has 4 rings (SSSR count). The van der Waals surface area contributed by atoms with Crippen LogP contribution in [-0.4, -0.2) is 84.1 Å². The molecule has 1 N–H and O–H groups in total. The van der Waals surface area contributed by atoms with Gasteiger partial charge in [-0.1, -0.05) is 12.1 Å². The van der Waals surface area contributed by atoms with E-state index in [1.807, 2.05) is 12.1 Å². The Morgan fingerprint density at radius 2 is 1.93 bits per heavy atom. The first-order valence-electron chi connectivity index (χ1n) is 10.9. The fourth-order valence-electron chi connectivity index (χ4n) is 5.05. The summed E-state index contributed by atoms with van der Waals surface area (Å²) in [4.78, 5) is 7.79. The van der Waals surface area contributed by atoms with Crippen LogP contribution in [0.5, 0.6) is 11.5 Å². The molecule has 0 saturated carbocycles. The maximum absolute atomic E-state index is 9.66. The van der Waals surface area contributed by atoms with Gasteiger partial charge in [0.1, 0.15) is 0 Å². The van der Waals surface area contributed by atoms with E-state index >= 15 is 0 Å². The monoisotopic (exact) mass is 389 g/mol. The van der Waals surface area contributed by atoms with Crippen molar-refractivity contribution < 1.29 is 14.6 Å². The van der Waals surface area contributed by atoms with Crippen molar-refractivity contribution in [2.24, 2.45) is 0 Å². The Balaban J connectivity index is 1.38. The van der Waals surface area contributed by atoms with Gasteiger partial charge in [0.05, 0.1) is 0 Å². The number of aliphatic hydroxyl groups excluding tert-OH is 1. The first-order chi connectivity index (χ1) is 13.7. The predicted octanol–water partition coefficient (Wildman–Crippen LogP) is 2.16. The van der Waals surface area contributed by atoms with Crippen LogP contribution in [0.3, 0.4) is 0 Å². The van der Waals surface area contributed by atoms with Crippen LogP contribution < -0.4 is 9.47 Å². The minimum atomic E-state index is 0.261. The van der Waals surface area contributed by atoms with Gasteiger partial charge in [-0.2, -0.15) is 0 Å². The molecule has 6 heteroatoms. The maximum Gasteiger partial charge on any atom is 0.231 e. The predicted molar refractivity (Wildman–Crippen MR) is 110 cm³/mol. The topological polar surface area (TPSA) is 48.4 Å². The number of ether oxygens (including phenoxy) is 2. The second-order valence-corrected chi connectivity index (χ2v) is 8.65. The van der Waals surface area contributed by atoms with Crippen LogP contribution in [0.25, 0.3) is 0 Å². The van der Waals surface area contributed by atoms with Gasteiger partial charge < -0.3 is 19.5 Å². The summed E-state index contributed by atoms with van der Waals surface area (Å²) in [5, 5.41) is 9.66. The normalized spacial score (nSPS) is 24.9. The first kappa shape index (κ1) is 20.0. The van der Waals surface area contributed by atoms with Crippen molar-refractivity contribution in [3.8, 4) is 11.5 Å². The summed E-state index contributed by atoms with van der Waals surface area (Å²) >= 11 is 0. The standard InChI is InChI=1S/C22H35N3O3/c1-17(2)24-9-6-19(7-10-24)25-12-11-23(15-20(25)8-13-26)14-18-4-3-5-21-22(18)28-16-27-21/h3-5,17,19-20,26H,6-16H2,1-2H3/t20-/m0/s1. The molecule has 0 radical (unpaired) electrons. The zero-order valence-electron chi connectivity index (χ0n) is 17.3. The summed E-state index contributed by atoms with van der Waals surface area (Å²) in [6.07, 6.45) is 3.35. The summed E-state index contributed by atoms with van der Waals surface area (Å²) in [6.45, 7) is 11.6. The molecule has 0 aromatic heterocycles. The molecule has 0 bridgehead atoms. The van der Waals surface area contributed by atoms with Gasteiger partial charge >= 0.3 is 0 Å². The van der Waals surface area contributed by atoms with Gasteiger partial charge in [-0.3, -0.25) is 9.80 Å². The van der Waals surface area contributed by atoms with E-state index in [-0.39, 0.29) is 6.61 Å². The molecule has 3 aliphatic rings. The Labute approximate surface area is 169 Å². The largest absolute Gasteiger partial charge is 0.454 e. The summed E-state index contributed by atoms with van der Waals surface area (Å²) in [7, 11) is 0. The molecule has 3 aliphatic heterocycles. The van der Waals surface area contributed by atoms with E-state index in [2.05, 4.69) is 34.6 Å². The molecule has 3 heterocycles. The smallest absolute Gasteiger partial charge is 0.231 e. The second kappa shape index (κ2) is 8.99. The lowest BCUT2D eigenvalue weighted by molar-refractivity contribution is -0.000219. The van der Waals surface area contributed by atoms with Gasteiger partial charge in [-0.05, 0) is 52.3 Å². The minimum absolute atomic E-state index is 0.261. The number of piperazine rings is 1. The number of likely N-dealkylation sites (tertiary alicyclic amines) is 1. The van der Waals surface area contributed by atoms with Crippen LogP contribution in [0.2, 0.25) is 0 Å². The molecule has 0 unspecified atom stereocenters. The van der Waals surface area contributed by atoms with Gasteiger partial charge in [0, 0.05) is 56.5 Å². The summed E-state index contributed by atoms with van der Waals surface area (Å²) in [5.41, 5.74) is 1.21. The van der Waals surface area contributed by atoms with E-state index in [4.69, 9.17) is 9.47 Å². The molecule has 6 nitrogen and oxygen atoms in total. The van der Waals surface area contributed by atoms with Crippen molar-refractivity contribution in [1.29, 1.82) is 0 Å². The van der Waals surface area contributed by atoms with Crippen molar-refractivity contribution >= 4 is 0 Å². The van der Waals surface area contributed by atoms with Crippen molar-refractivity contribution in [3.05, 3.63) is 23.8 Å². The highest BCUT2D eigenvalue weighted by molar-refractivity contribution is 5.48. The summed E-state index contributed by atoms with van der Waals surface area (Å²) in [6, 6.07) is 7.90. The zero-order chi connectivity index (χ0) is 19.5. The van der Waals surface area contributed by atoms with Crippen LogP contribution in [0.1, 0.15) is 38.7 Å². The second-order valence-electron chi connectivity index (χ2n) is 8.65. The van der Waals surface area contributed by atoms with Crippen molar-refractivity contribution in [2.75, 3.05) is 46.1 Å². The summed E-state index contributed by atoms with van der Waals surface area (Å²) < 4.78 is 11.2. The molecular formula is C22H35N3O3. The van der Waals surface area contributed by atoms with Gasteiger partial charge in [-0.25, -0.2) is 0 Å². The zero-order valence-corrected chi connectivity index (χ0v) is 17.3. The Bertz CT molecular complexity index is 646. The Morgan fingerprint density at radius 1 is 1.11 bits per heavy atom. The molecule has 0 amide bonds. The molecule has 2 saturated heterocycles. The van der Waals surface area contributed by atoms with Crippen molar-refractivity contribution in [1.82, 2.24) is 14.7 Å². The van der Waals surface area contributed by atoms with E-state index < -0.39 is 0 Å². The summed E-state index contributed by atoms with van der Waals surface area (Å²) in [5.74, 6) is 1.77. The lowest BCUT2D eigenvalue weighted by Gasteiger charge is -2.48. The SMILES string of the molecule is CC(C)N1CCC(N2CCN(Cc3cccc4c3OCO4)C[C@@H]2CCO)CC1. The number of nitrogens with zero attached hydrogens (tertiary/aromatic N) is 3. The highest BCUT2D eigenvalue weighted by atomic mass is 16.7. The van der Waals surface area contributed by atoms with Crippen LogP contribution in [0, 0.1) is 0 Å². The van der Waals surface area contributed by atoms with Crippen LogP contribution in [0.15, 0.2) is 18.2 Å². The molecule has 1 atom stereocenters. The van der Waals surface area contributed by atoms with Gasteiger partial charge in [0.2, 0.25) is 6.79 Å². The molecule has 28 heavy (non-hydrogen) atoms. The van der Waals surface area contributed by atoms with Crippen molar-refractivity contribution in [3.63, 3.8) is 0 Å². The minimum Gasteiger partial charge on any atom is -0.454 e. The number of para-hydroxylation sites is 1. The third-order valence-corrected chi connectivity index (χ3v) is 6.65. The number of hydrogen-bond acceptors (Lipinski definition) is 6. The molecule has 156 valence electrons. The fraction of sp³-hybridized carbons (Fsp3) is 0.727. The highest BCUT2D eigenvalue weighted by Crippen LogP contribution is 2.36. The van der Waals surface area contributed by atoms with Crippen molar-refractivity contribution in [2.45, 2.75) is 57.8 Å². The molecule has 0 aliphatic carbocycles. The molecule has 2 fully saturated rings.